The molecule has 0 amide bonds. The van der Waals surface area contributed by atoms with E-state index in [0.29, 0.717) is 0 Å². The first-order chi connectivity index (χ1) is 5.97. The molecule has 0 aliphatic carbocycles. The molecule has 1 rings (SSSR count). The molecule has 0 aliphatic heterocycles. The van der Waals surface area contributed by atoms with Crippen molar-refractivity contribution in [1.82, 2.24) is 0 Å². The lowest BCUT2D eigenvalue weighted by molar-refractivity contribution is 0.00200. The van der Waals surface area contributed by atoms with Crippen LogP contribution in [0, 0.1) is 0 Å². The lowest BCUT2D eigenvalue weighted by atomic mass is 10.2. The molecule has 0 radical (unpaired) electrons. The van der Waals surface area contributed by atoms with Gasteiger partial charge in [-0.15, -0.1) is 11.3 Å². The molecule has 0 aromatic carbocycles. The Kier molecular flexibility index (Phi) is 3.50. The van der Waals surface area contributed by atoms with Crippen LogP contribution in [0.25, 0.3) is 0 Å². The first kappa shape index (κ1) is 10.7. The van der Waals surface area contributed by atoms with E-state index in [1.54, 1.807) is 17.6 Å². The highest BCUT2D eigenvalue weighted by Crippen LogP contribution is 2.19. The Morgan fingerprint density at radius 2 is 2.23 bits per heavy atom. The van der Waals surface area contributed by atoms with Crippen LogP contribution in [-0.4, -0.2) is 11.8 Å². The number of hydrogen-bond donors (Lipinski definition) is 0. The Morgan fingerprint density at radius 3 is 2.69 bits per heavy atom. The van der Waals surface area contributed by atoms with Crippen LogP contribution >= 0.6 is 27.3 Å². The van der Waals surface area contributed by atoms with E-state index in [2.05, 4.69) is 21.1 Å². The standard InChI is InChI=1S/C9H12BrNOS/c1-9(2,3)12-11-5-7-4-8(10)13-6-7/h4-6H,1-3H3/b11-5+. The normalized spacial score (nSPS) is 12.3. The topological polar surface area (TPSA) is 21.6 Å². The molecular formula is C9H12BrNOS. The summed E-state index contributed by atoms with van der Waals surface area (Å²) in [5, 5.41) is 5.90. The maximum Gasteiger partial charge on any atom is 0.129 e. The van der Waals surface area contributed by atoms with Crippen LogP contribution in [0.5, 0.6) is 0 Å². The van der Waals surface area contributed by atoms with E-state index in [-0.39, 0.29) is 5.60 Å². The van der Waals surface area contributed by atoms with Gasteiger partial charge in [0.15, 0.2) is 0 Å². The van der Waals surface area contributed by atoms with E-state index >= 15 is 0 Å². The SMILES string of the molecule is CC(C)(C)O/N=C/c1csc(Br)c1. The van der Waals surface area contributed by atoms with Gasteiger partial charge >= 0.3 is 0 Å². The maximum absolute atomic E-state index is 5.20. The van der Waals surface area contributed by atoms with E-state index in [1.807, 2.05) is 32.2 Å². The molecule has 2 nitrogen and oxygen atoms in total. The van der Waals surface area contributed by atoms with Crippen LogP contribution in [-0.2, 0) is 4.84 Å². The minimum Gasteiger partial charge on any atom is -0.390 e. The first-order valence-corrected chi connectivity index (χ1v) is 5.60. The van der Waals surface area contributed by atoms with E-state index in [1.165, 1.54) is 0 Å². The van der Waals surface area contributed by atoms with Crippen molar-refractivity contribution >= 4 is 33.5 Å². The summed E-state index contributed by atoms with van der Waals surface area (Å²) in [4.78, 5) is 5.20. The summed E-state index contributed by atoms with van der Waals surface area (Å²) in [7, 11) is 0. The molecule has 0 saturated heterocycles. The van der Waals surface area contributed by atoms with E-state index < -0.39 is 0 Å². The van der Waals surface area contributed by atoms with Crippen LogP contribution in [0.15, 0.2) is 20.4 Å². The molecule has 0 atom stereocenters. The quantitative estimate of drug-likeness (QED) is 0.588. The number of thiophene rings is 1. The molecule has 0 aliphatic rings. The Morgan fingerprint density at radius 1 is 1.54 bits per heavy atom. The molecular weight excluding hydrogens is 250 g/mol. The fraction of sp³-hybridized carbons (Fsp3) is 0.444. The molecule has 1 heterocycles. The van der Waals surface area contributed by atoms with Crippen LogP contribution in [0.3, 0.4) is 0 Å². The van der Waals surface area contributed by atoms with Gasteiger partial charge in [0.1, 0.15) is 5.60 Å². The highest BCUT2D eigenvalue weighted by molar-refractivity contribution is 9.11. The largest absolute Gasteiger partial charge is 0.390 e. The third kappa shape index (κ3) is 4.43. The number of hydrogen-bond acceptors (Lipinski definition) is 3. The van der Waals surface area contributed by atoms with Gasteiger partial charge in [0, 0.05) is 10.9 Å². The van der Waals surface area contributed by atoms with Gasteiger partial charge in [-0.25, -0.2) is 0 Å². The summed E-state index contributed by atoms with van der Waals surface area (Å²) in [5.74, 6) is 0. The summed E-state index contributed by atoms with van der Waals surface area (Å²) in [6.45, 7) is 5.90. The molecule has 1 aromatic heterocycles. The smallest absolute Gasteiger partial charge is 0.129 e. The lowest BCUT2D eigenvalue weighted by Crippen LogP contribution is -2.15. The Hall–Kier alpha value is -0.350. The molecule has 0 spiro atoms. The molecule has 13 heavy (non-hydrogen) atoms. The molecule has 0 unspecified atom stereocenters. The fourth-order valence-electron chi connectivity index (χ4n) is 0.636. The van der Waals surface area contributed by atoms with Gasteiger partial charge in [0.25, 0.3) is 0 Å². The van der Waals surface area contributed by atoms with E-state index in [4.69, 9.17) is 4.84 Å². The fourth-order valence-corrected chi connectivity index (χ4v) is 1.76. The van der Waals surface area contributed by atoms with Gasteiger partial charge in [0.05, 0.1) is 10.0 Å². The molecule has 0 N–H and O–H groups in total. The highest BCUT2D eigenvalue weighted by Gasteiger charge is 2.09. The zero-order valence-corrected chi connectivity index (χ0v) is 10.3. The van der Waals surface area contributed by atoms with Crippen LogP contribution in [0.1, 0.15) is 26.3 Å². The average molecular weight is 262 g/mol. The van der Waals surface area contributed by atoms with E-state index in [0.717, 1.165) is 9.35 Å². The number of rotatable bonds is 2. The first-order valence-electron chi connectivity index (χ1n) is 3.93. The van der Waals surface area contributed by atoms with Crippen molar-refractivity contribution < 1.29 is 4.84 Å². The molecule has 1 aromatic rings. The zero-order valence-electron chi connectivity index (χ0n) is 7.87. The molecule has 0 saturated carbocycles. The summed E-state index contributed by atoms with van der Waals surface area (Å²) in [6, 6.07) is 2.00. The van der Waals surface area contributed by atoms with Crippen LogP contribution in [0.4, 0.5) is 0 Å². The minimum atomic E-state index is -0.218. The van der Waals surface area contributed by atoms with Gasteiger partial charge in [-0.1, -0.05) is 5.16 Å². The van der Waals surface area contributed by atoms with Crippen molar-refractivity contribution in [1.29, 1.82) is 0 Å². The average Bonchev–Trinajstić information content (AvgIpc) is 2.33. The summed E-state index contributed by atoms with van der Waals surface area (Å²) >= 11 is 5.01. The van der Waals surface area contributed by atoms with E-state index in [9.17, 15) is 0 Å². The Balaban J connectivity index is 2.50. The Bertz CT molecular complexity index is 301. The zero-order chi connectivity index (χ0) is 9.90. The second-order valence-corrected chi connectivity index (χ2v) is 5.91. The minimum absolute atomic E-state index is 0.218. The van der Waals surface area contributed by atoms with Gasteiger partial charge in [-0.2, -0.15) is 0 Å². The van der Waals surface area contributed by atoms with Gasteiger partial charge in [0.2, 0.25) is 0 Å². The van der Waals surface area contributed by atoms with Crippen molar-refractivity contribution in [3.05, 3.63) is 20.8 Å². The second kappa shape index (κ2) is 4.24. The van der Waals surface area contributed by atoms with Crippen LogP contribution < -0.4 is 0 Å². The maximum atomic E-state index is 5.20. The van der Waals surface area contributed by atoms with Gasteiger partial charge in [-0.05, 0) is 42.8 Å². The summed E-state index contributed by atoms with van der Waals surface area (Å²) in [6.07, 6.45) is 1.71. The van der Waals surface area contributed by atoms with Crippen LogP contribution in [0.2, 0.25) is 0 Å². The molecule has 4 heteroatoms. The summed E-state index contributed by atoms with van der Waals surface area (Å²) < 4.78 is 1.10. The van der Waals surface area contributed by atoms with Crippen molar-refractivity contribution in [2.45, 2.75) is 26.4 Å². The lowest BCUT2D eigenvalue weighted by Gasteiger charge is -2.14. The Labute approximate surface area is 90.7 Å². The number of oxime groups is 1. The van der Waals surface area contributed by atoms with Crippen molar-refractivity contribution in [3.8, 4) is 0 Å². The number of nitrogens with zero attached hydrogens (tertiary/aromatic N) is 1. The van der Waals surface area contributed by atoms with Crippen molar-refractivity contribution in [3.63, 3.8) is 0 Å². The molecule has 72 valence electrons. The van der Waals surface area contributed by atoms with Crippen molar-refractivity contribution in [2.75, 3.05) is 0 Å². The third-order valence-electron chi connectivity index (χ3n) is 1.12. The monoisotopic (exact) mass is 261 g/mol. The van der Waals surface area contributed by atoms with Gasteiger partial charge < -0.3 is 4.84 Å². The second-order valence-electron chi connectivity index (χ2n) is 3.62. The number of halogens is 1. The van der Waals surface area contributed by atoms with Crippen molar-refractivity contribution in [2.24, 2.45) is 5.16 Å². The van der Waals surface area contributed by atoms with Gasteiger partial charge in [-0.3, -0.25) is 0 Å². The highest BCUT2D eigenvalue weighted by atomic mass is 79.9. The predicted octanol–water partition coefficient (Wildman–Crippen LogP) is 3.66. The predicted molar refractivity (Wildman–Crippen MR) is 60.5 cm³/mol. The third-order valence-corrected chi connectivity index (χ3v) is 2.64. The molecule has 0 bridgehead atoms. The summed E-state index contributed by atoms with van der Waals surface area (Å²) in [5.41, 5.74) is 0.838. The molecule has 0 fully saturated rings.